The third kappa shape index (κ3) is 7.31. The van der Waals surface area contributed by atoms with Crippen molar-refractivity contribution < 1.29 is 26.5 Å². The topological polar surface area (TPSA) is 158 Å². The Labute approximate surface area is 310 Å². The molecular weight excluding hydrogens is 711 g/mol. The molecule has 4 aromatic carbocycles. The molecule has 0 bridgehead atoms. The maximum atomic E-state index is 12.5. The smallest absolute Gasteiger partial charge is 0.242 e. The molecule has 2 aliphatic carbocycles. The molecule has 274 valence electrons. The number of nitrogens with zero attached hydrogens (tertiary/aromatic N) is 4. The maximum Gasteiger partial charge on any atom is 0.242 e. The van der Waals surface area contributed by atoms with Gasteiger partial charge >= 0.3 is 0 Å². The van der Waals surface area contributed by atoms with Crippen LogP contribution in [0, 0.1) is 5.41 Å². The van der Waals surface area contributed by atoms with Crippen molar-refractivity contribution >= 4 is 36.9 Å². The molecule has 2 aliphatic rings. The highest BCUT2D eigenvalue weighted by molar-refractivity contribution is 7.89. The summed E-state index contributed by atoms with van der Waals surface area (Å²) in [5, 5.41) is 21.0. The van der Waals surface area contributed by atoms with E-state index in [0.717, 1.165) is 62.9 Å². The number of fused-ring (bicyclic) bond motifs is 2. The van der Waals surface area contributed by atoms with Gasteiger partial charge in [-0.05, 0) is 113 Å². The van der Waals surface area contributed by atoms with Gasteiger partial charge in [0.25, 0.3) is 0 Å². The highest BCUT2D eigenvalue weighted by Gasteiger charge is 2.25. The Kier molecular flexibility index (Phi) is 10.5. The van der Waals surface area contributed by atoms with Crippen LogP contribution >= 0.6 is 0 Å². The predicted octanol–water partition coefficient (Wildman–Crippen LogP) is 6.04. The van der Waals surface area contributed by atoms with Crippen LogP contribution in [0.2, 0.25) is 0 Å². The van der Waals surface area contributed by atoms with E-state index in [2.05, 4.69) is 23.1 Å². The summed E-state index contributed by atoms with van der Waals surface area (Å²) in [6.45, 7) is 3.81. The summed E-state index contributed by atoms with van der Waals surface area (Å²) in [7, 11) is -0.886. The number of nitrogens with one attached hydrogen (secondary N) is 1. The van der Waals surface area contributed by atoms with E-state index in [4.69, 9.17) is 9.93 Å². The summed E-state index contributed by atoms with van der Waals surface area (Å²) >= 11 is 0. The highest BCUT2D eigenvalue weighted by Crippen LogP contribution is 2.40. The van der Waals surface area contributed by atoms with E-state index >= 15 is 0 Å². The van der Waals surface area contributed by atoms with E-state index in [1.165, 1.54) is 54.3 Å². The molecule has 0 saturated heterocycles. The van der Waals surface area contributed by atoms with Gasteiger partial charge in [0.2, 0.25) is 32.3 Å². The second-order valence-electron chi connectivity index (χ2n) is 13.4. The summed E-state index contributed by atoms with van der Waals surface area (Å²) in [5.41, 5.74) is 12.3. The Balaban J connectivity index is 0.000000182. The van der Waals surface area contributed by atoms with Crippen LogP contribution in [0.4, 0.5) is 0 Å². The standard InChI is InChI=1S/C20H19N3O3S.C20H22N2O3S/c1-13-9-14-7-8-16(20-21-12-26-22-20)11-18(14)19(13)15-5-4-6-17(10-15)27(24,25)23(2)3;1-13-9-14-7-8-15(19(21)12-23)11-18(14)20(13)16-5-4-6-17(10-16)26(24,25)22(2)3/h4-8,10-12H,9H2,1-3H3;4-8,10-11,21,23H,9,12H2,1-3H3. The lowest BCUT2D eigenvalue weighted by Crippen LogP contribution is -2.22. The predicted molar refractivity (Wildman–Crippen MR) is 206 cm³/mol. The molecular formula is C40H41N5O6S2. The number of hydrogen-bond acceptors (Lipinski definition) is 9. The van der Waals surface area contributed by atoms with Gasteiger partial charge < -0.3 is 15.0 Å². The van der Waals surface area contributed by atoms with E-state index in [-0.39, 0.29) is 22.1 Å². The zero-order chi connectivity index (χ0) is 38.2. The van der Waals surface area contributed by atoms with Crippen LogP contribution in [0.5, 0.6) is 0 Å². The largest absolute Gasteiger partial charge is 0.390 e. The Morgan fingerprint density at radius 3 is 1.70 bits per heavy atom. The lowest BCUT2D eigenvalue weighted by atomic mass is 9.95. The molecule has 1 heterocycles. The van der Waals surface area contributed by atoms with E-state index in [0.29, 0.717) is 11.4 Å². The van der Waals surface area contributed by atoms with Crippen LogP contribution in [0.25, 0.3) is 22.5 Å². The fraction of sp³-hybridized carbons (Fsp3) is 0.225. The van der Waals surface area contributed by atoms with Gasteiger partial charge in [0.05, 0.1) is 22.1 Å². The number of rotatable bonds is 9. The first-order valence-electron chi connectivity index (χ1n) is 16.8. The van der Waals surface area contributed by atoms with Crippen molar-refractivity contribution in [2.45, 2.75) is 36.5 Å². The Morgan fingerprint density at radius 1 is 0.717 bits per heavy atom. The lowest BCUT2D eigenvalue weighted by Gasteiger charge is -2.14. The monoisotopic (exact) mass is 751 g/mol. The number of allylic oxidation sites excluding steroid dienone is 2. The molecule has 7 rings (SSSR count). The molecule has 0 spiro atoms. The van der Waals surface area contributed by atoms with Gasteiger partial charge in [0.15, 0.2) is 0 Å². The Bertz CT molecular complexity index is 2520. The first-order valence-corrected chi connectivity index (χ1v) is 19.7. The summed E-state index contributed by atoms with van der Waals surface area (Å²) < 4.78 is 57.2. The van der Waals surface area contributed by atoms with E-state index < -0.39 is 20.0 Å². The first-order chi connectivity index (χ1) is 25.1. The number of hydrogen-bond donors (Lipinski definition) is 2. The first kappa shape index (κ1) is 37.7. The Hall–Kier alpha value is -5.05. The number of aliphatic hydroxyl groups is 1. The number of aromatic nitrogens is 2. The minimum Gasteiger partial charge on any atom is -0.390 e. The maximum absolute atomic E-state index is 12.5. The van der Waals surface area contributed by atoms with Gasteiger partial charge in [-0.25, -0.2) is 25.4 Å². The lowest BCUT2D eigenvalue weighted by molar-refractivity contribution is 0.357. The normalized spacial score (nSPS) is 14.1. The molecule has 0 saturated carbocycles. The third-order valence-electron chi connectivity index (χ3n) is 9.45. The molecule has 5 aromatic rings. The Morgan fingerprint density at radius 2 is 1.23 bits per heavy atom. The molecule has 0 fully saturated rings. The van der Waals surface area contributed by atoms with Crippen LogP contribution in [0.15, 0.2) is 117 Å². The van der Waals surface area contributed by atoms with Crippen LogP contribution in [0.1, 0.15) is 52.8 Å². The minimum atomic E-state index is -3.51. The summed E-state index contributed by atoms with van der Waals surface area (Å²) in [6.07, 6.45) is 2.93. The average molecular weight is 752 g/mol. The zero-order valence-electron chi connectivity index (χ0n) is 30.4. The van der Waals surface area contributed by atoms with Gasteiger partial charge in [-0.3, -0.25) is 0 Å². The third-order valence-corrected chi connectivity index (χ3v) is 13.1. The molecule has 0 atom stereocenters. The van der Waals surface area contributed by atoms with Crippen molar-refractivity contribution in [3.05, 3.63) is 141 Å². The quantitative estimate of drug-likeness (QED) is 0.173. The summed E-state index contributed by atoms with van der Waals surface area (Å²) in [4.78, 5) is 4.66. The van der Waals surface area contributed by atoms with Crippen molar-refractivity contribution in [2.24, 2.45) is 0 Å². The number of aliphatic hydroxyl groups excluding tert-OH is 1. The van der Waals surface area contributed by atoms with E-state index in [1.807, 2.05) is 49.4 Å². The minimum absolute atomic E-state index is 0.167. The van der Waals surface area contributed by atoms with Gasteiger partial charge in [0.1, 0.15) is 0 Å². The number of sulfonamides is 2. The zero-order valence-corrected chi connectivity index (χ0v) is 32.0. The summed E-state index contributed by atoms with van der Waals surface area (Å²) in [6, 6.07) is 25.9. The van der Waals surface area contributed by atoms with Crippen molar-refractivity contribution in [3.8, 4) is 11.4 Å². The van der Waals surface area contributed by atoms with Crippen molar-refractivity contribution in [1.29, 1.82) is 5.41 Å². The second-order valence-corrected chi connectivity index (χ2v) is 17.7. The fourth-order valence-electron chi connectivity index (χ4n) is 6.70. The van der Waals surface area contributed by atoms with Crippen LogP contribution in [-0.4, -0.2) is 81.2 Å². The van der Waals surface area contributed by atoms with E-state index in [9.17, 15) is 21.9 Å². The van der Waals surface area contributed by atoms with Gasteiger partial charge in [-0.1, -0.05) is 64.8 Å². The van der Waals surface area contributed by atoms with Crippen LogP contribution < -0.4 is 0 Å². The molecule has 0 amide bonds. The molecule has 13 heteroatoms. The molecule has 0 unspecified atom stereocenters. The highest BCUT2D eigenvalue weighted by atomic mass is 32.2. The molecule has 0 aliphatic heterocycles. The number of benzene rings is 4. The van der Waals surface area contributed by atoms with E-state index in [1.54, 1.807) is 36.4 Å². The molecule has 1 aromatic heterocycles. The van der Waals surface area contributed by atoms with Crippen molar-refractivity contribution in [2.75, 3.05) is 34.8 Å². The van der Waals surface area contributed by atoms with Crippen LogP contribution in [-0.2, 0) is 32.9 Å². The molecule has 2 N–H and O–H groups in total. The molecule has 11 nitrogen and oxygen atoms in total. The van der Waals surface area contributed by atoms with Crippen LogP contribution in [0.3, 0.4) is 0 Å². The van der Waals surface area contributed by atoms with Crippen molar-refractivity contribution in [1.82, 2.24) is 18.8 Å². The fourth-order valence-corrected chi connectivity index (χ4v) is 8.60. The average Bonchev–Trinajstić information content (AvgIpc) is 3.87. The van der Waals surface area contributed by atoms with Gasteiger partial charge in [0, 0.05) is 33.8 Å². The molecule has 53 heavy (non-hydrogen) atoms. The SMILES string of the molecule is CC1=C(c2cccc(S(=O)(=O)N(C)C)c2)c2cc(-c3ncon3)ccc2C1.CC1=C(c2cccc(S(=O)(=O)N(C)C)c2)c2cc(C(=N)CO)ccc2C1. The summed E-state index contributed by atoms with van der Waals surface area (Å²) in [5.74, 6) is 0.533. The second kappa shape index (κ2) is 14.8. The van der Waals surface area contributed by atoms with Crippen molar-refractivity contribution in [3.63, 3.8) is 0 Å². The molecule has 0 radical (unpaired) electrons. The van der Waals surface area contributed by atoms with Gasteiger partial charge in [-0.15, -0.1) is 0 Å². The van der Waals surface area contributed by atoms with Gasteiger partial charge in [-0.2, -0.15) is 4.98 Å².